The highest BCUT2D eigenvalue weighted by atomic mass is 16.6. The van der Waals surface area contributed by atoms with Crippen molar-refractivity contribution in [3.63, 3.8) is 0 Å². The molecule has 3 amide bonds. The molecule has 0 aliphatic carbocycles. The van der Waals surface area contributed by atoms with E-state index in [0.717, 1.165) is 30.4 Å². The van der Waals surface area contributed by atoms with Crippen LogP contribution < -0.4 is 10.6 Å². The van der Waals surface area contributed by atoms with Gasteiger partial charge in [-0.25, -0.2) is 4.79 Å². The van der Waals surface area contributed by atoms with Crippen molar-refractivity contribution in [2.45, 2.75) is 72.4 Å². The van der Waals surface area contributed by atoms with Crippen molar-refractivity contribution in [3.05, 3.63) is 34.9 Å². The summed E-state index contributed by atoms with van der Waals surface area (Å²) in [5, 5.41) is 15.0. The Morgan fingerprint density at radius 1 is 1.12 bits per heavy atom. The molecule has 8 heteroatoms. The normalized spacial score (nSPS) is 12.1. The minimum absolute atomic E-state index is 0.0464. The molecular weight excluding hydrogens is 410 g/mol. The molecule has 0 aliphatic rings. The second-order valence-electron chi connectivity index (χ2n) is 8.93. The first kappa shape index (κ1) is 27.4. The Bertz CT molecular complexity index is 773. The van der Waals surface area contributed by atoms with Gasteiger partial charge in [-0.3, -0.25) is 9.59 Å². The van der Waals surface area contributed by atoms with Crippen molar-refractivity contribution in [1.82, 2.24) is 15.5 Å². The van der Waals surface area contributed by atoms with E-state index in [-0.39, 0.29) is 25.6 Å². The number of nitrogens with zero attached hydrogens (tertiary/aromatic N) is 1. The molecule has 0 saturated heterocycles. The molecule has 180 valence electrons. The Balaban J connectivity index is 3.13. The van der Waals surface area contributed by atoms with Gasteiger partial charge in [-0.2, -0.15) is 0 Å². The molecule has 1 aromatic rings. The van der Waals surface area contributed by atoms with Crippen molar-refractivity contribution in [3.8, 4) is 0 Å². The summed E-state index contributed by atoms with van der Waals surface area (Å²) < 4.78 is 5.18. The number of carbonyl (C=O) groups is 3. The minimum Gasteiger partial charge on any atom is -0.444 e. The van der Waals surface area contributed by atoms with Gasteiger partial charge in [0.05, 0.1) is 6.61 Å². The number of hydrogen-bond acceptors (Lipinski definition) is 5. The number of hydrogen-bond donors (Lipinski definition) is 3. The number of aliphatic hydroxyl groups excluding tert-OH is 1. The molecular formula is C24H39N3O5. The number of unbranched alkanes of at least 4 members (excludes halogenated alkanes) is 2. The van der Waals surface area contributed by atoms with Crippen LogP contribution in [0.2, 0.25) is 0 Å². The number of carbonyl (C=O) groups excluding carboxylic acids is 3. The van der Waals surface area contributed by atoms with E-state index in [4.69, 9.17) is 4.74 Å². The van der Waals surface area contributed by atoms with Gasteiger partial charge in [-0.1, -0.05) is 43.5 Å². The predicted molar refractivity (Wildman–Crippen MR) is 124 cm³/mol. The van der Waals surface area contributed by atoms with Crippen LogP contribution in [-0.2, 0) is 14.3 Å². The summed E-state index contributed by atoms with van der Waals surface area (Å²) in [6.45, 7) is 10.9. The van der Waals surface area contributed by atoms with Gasteiger partial charge in [0.2, 0.25) is 11.8 Å². The average molecular weight is 450 g/mol. The quantitative estimate of drug-likeness (QED) is 0.450. The molecule has 1 unspecified atom stereocenters. The smallest absolute Gasteiger partial charge is 0.408 e. The number of ether oxygens (including phenoxy) is 1. The summed E-state index contributed by atoms with van der Waals surface area (Å²) in [6, 6.07) is 4.75. The molecule has 0 saturated carbocycles. The molecule has 0 fully saturated rings. The predicted octanol–water partition coefficient (Wildman–Crippen LogP) is 3.00. The number of nitrogens with one attached hydrogen (secondary N) is 2. The van der Waals surface area contributed by atoms with Crippen LogP contribution in [0.15, 0.2) is 18.2 Å². The fourth-order valence-electron chi connectivity index (χ4n) is 3.34. The summed E-state index contributed by atoms with van der Waals surface area (Å²) in [5.74, 6) is -0.800. The topological polar surface area (TPSA) is 108 Å². The molecule has 8 nitrogen and oxygen atoms in total. The number of amides is 3. The second kappa shape index (κ2) is 13.1. The van der Waals surface area contributed by atoms with Gasteiger partial charge in [0.15, 0.2) is 0 Å². The van der Waals surface area contributed by atoms with E-state index in [9.17, 15) is 19.5 Å². The SMILES string of the molecule is CCCCCNC(=O)C(c1ccc(C)cc1C)N(CCO)C(=O)CNC(=O)OC(C)(C)C. The molecule has 1 atom stereocenters. The van der Waals surface area contributed by atoms with Gasteiger partial charge in [0.25, 0.3) is 0 Å². The fourth-order valence-corrected chi connectivity index (χ4v) is 3.34. The summed E-state index contributed by atoms with van der Waals surface area (Å²) in [4.78, 5) is 39.5. The highest BCUT2D eigenvalue weighted by Gasteiger charge is 2.32. The first-order valence-electron chi connectivity index (χ1n) is 11.2. The van der Waals surface area contributed by atoms with Crippen LogP contribution in [0.4, 0.5) is 4.79 Å². The lowest BCUT2D eigenvalue weighted by molar-refractivity contribution is -0.140. The standard InChI is InChI=1S/C24H39N3O5/c1-7-8-9-12-25-22(30)21(19-11-10-17(2)15-18(19)3)27(13-14-28)20(29)16-26-23(31)32-24(4,5)6/h10-11,15,21,28H,7-9,12-14,16H2,1-6H3,(H,25,30)(H,26,31). The molecule has 0 spiro atoms. The number of benzene rings is 1. The fraction of sp³-hybridized carbons (Fsp3) is 0.625. The lowest BCUT2D eigenvalue weighted by atomic mass is 9.97. The first-order chi connectivity index (χ1) is 15.0. The second-order valence-corrected chi connectivity index (χ2v) is 8.93. The van der Waals surface area contributed by atoms with E-state index in [2.05, 4.69) is 17.6 Å². The molecule has 0 heterocycles. The third-order valence-corrected chi connectivity index (χ3v) is 4.80. The van der Waals surface area contributed by atoms with Crippen molar-refractivity contribution < 1.29 is 24.2 Å². The van der Waals surface area contributed by atoms with Gasteiger partial charge in [0.1, 0.15) is 18.2 Å². The van der Waals surface area contributed by atoms with Crippen molar-refractivity contribution in [2.75, 3.05) is 26.2 Å². The number of rotatable bonds is 11. The van der Waals surface area contributed by atoms with Gasteiger partial charge < -0.3 is 25.4 Å². The Morgan fingerprint density at radius 2 is 1.81 bits per heavy atom. The van der Waals surface area contributed by atoms with Gasteiger partial charge in [0, 0.05) is 13.1 Å². The van der Waals surface area contributed by atoms with Gasteiger partial charge >= 0.3 is 6.09 Å². The van der Waals surface area contributed by atoms with Crippen LogP contribution >= 0.6 is 0 Å². The van der Waals surface area contributed by atoms with Gasteiger partial charge in [-0.15, -0.1) is 0 Å². The van der Waals surface area contributed by atoms with Crippen LogP contribution in [0.5, 0.6) is 0 Å². The molecule has 0 bridgehead atoms. The van der Waals surface area contributed by atoms with E-state index in [1.807, 2.05) is 32.0 Å². The Hall–Kier alpha value is -2.61. The highest BCUT2D eigenvalue weighted by molar-refractivity contribution is 5.90. The Kier molecular flexibility index (Phi) is 11.2. The largest absolute Gasteiger partial charge is 0.444 e. The molecule has 1 rings (SSSR count). The van der Waals surface area contributed by atoms with Crippen molar-refractivity contribution in [2.24, 2.45) is 0 Å². The van der Waals surface area contributed by atoms with E-state index in [1.165, 1.54) is 4.90 Å². The maximum atomic E-state index is 13.2. The van der Waals surface area contributed by atoms with E-state index in [1.54, 1.807) is 20.8 Å². The zero-order chi connectivity index (χ0) is 24.3. The minimum atomic E-state index is -0.919. The van der Waals surface area contributed by atoms with E-state index in [0.29, 0.717) is 12.1 Å². The summed E-state index contributed by atoms with van der Waals surface area (Å²) in [5.41, 5.74) is 1.90. The van der Waals surface area contributed by atoms with Gasteiger partial charge in [-0.05, 0) is 52.2 Å². The maximum absolute atomic E-state index is 13.2. The monoisotopic (exact) mass is 449 g/mol. The third-order valence-electron chi connectivity index (χ3n) is 4.80. The maximum Gasteiger partial charge on any atom is 0.408 e. The van der Waals surface area contributed by atoms with Crippen LogP contribution in [0.1, 0.15) is 69.7 Å². The van der Waals surface area contributed by atoms with E-state index >= 15 is 0 Å². The van der Waals surface area contributed by atoms with Crippen LogP contribution in [0.25, 0.3) is 0 Å². The molecule has 0 aliphatic heterocycles. The Labute approximate surface area is 191 Å². The Morgan fingerprint density at radius 3 is 2.38 bits per heavy atom. The zero-order valence-electron chi connectivity index (χ0n) is 20.3. The molecule has 0 aromatic heterocycles. The van der Waals surface area contributed by atoms with Crippen LogP contribution in [-0.4, -0.2) is 59.8 Å². The molecule has 0 radical (unpaired) electrons. The number of aryl methyl sites for hydroxylation is 2. The van der Waals surface area contributed by atoms with Crippen LogP contribution in [0.3, 0.4) is 0 Å². The lowest BCUT2D eigenvalue weighted by Crippen LogP contribution is -2.49. The summed E-state index contributed by atoms with van der Waals surface area (Å²) in [7, 11) is 0. The number of alkyl carbamates (subject to hydrolysis) is 1. The van der Waals surface area contributed by atoms with Crippen molar-refractivity contribution in [1.29, 1.82) is 0 Å². The number of aliphatic hydroxyl groups is 1. The van der Waals surface area contributed by atoms with E-state index < -0.39 is 23.6 Å². The molecule has 32 heavy (non-hydrogen) atoms. The average Bonchev–Trinajstić information content (AvgIpc) is 2.69. The summed E-state index contributed by atoms with van der Waals surface area (Å²) in [6.07, 6.45) is 2.15. The molecule has 1 aromatic carbocycles. The lowest BCUT2D eigenvalue weighted by Gasteiger charge is -2.32. The van der Waals surface area contributed by atoms with Crippen molar-refractivity contribution >= 4 is 17.9 Å². The molecule has 3 N–H and O–H groups in total. The first-order valence-corrected chi connectivity index (χ1v) is 11.2. The summed E-state index contributed by atoms with van der Waals surface area (Å²) >= 11 is 0. The highest BCUT2D eigenvalue weighted by Crippen LogP contribution is 2.25. The third kappa shape index (κ3) is 9.26. The zero-order valence-corrected chi connectivity index (χ0v) is 20.3. The van der Waals surface area contributed by atoms with Crippen LogP contribution in [0, 0.1) is 13.8 Å².